The van der Waals surface area contributed by atoms with Crippen LogP contribution < -0.4 is 14.9 Å². The molecule has 4 aromatic rings. The molecule has 39 heavy (non-hydrogen) atoms. The number of aromatic nitrogens is 4. The Morgan fingerprint density at radius 3 is 2.69 bits per heavy atom. The van der Waals surface area contributed by atoms with Crippen LogP contribution in [0.3, 0.4) is 0 Å². The lowest BCUT2D eigenvalue weighted by Crippen LogP contribution is -2.37. The van der Waals surface area contributed by atoms with Crippen molar-refractivity contribution in [1.29, 1.82) is 0 Å². The summed E-state index contributed by atoms with van der Waals surface area (Å²) in [5.41, 5.74) is 3.24. The number of nitrogens with zero attached hydrogens (tertiary/aromatic N) is 5. The molecule has 2 N–H and O–H groups in total. The van der Waals surface area contributed by atoms with Crippen molar-refractivity contribution in [2.24, 2.45) is 0 Å². The van der Waals surface area contributed by atoms with Gasteiger partial charge >= 0.3 is 0 Å². The van der Waals surface area contributed by atoms with Crippen LogP contribution in [-0.4, -0.2) is 65.2 Å². The molecular weight excluding hydrogens is 520 g/mol. The zero-order valence-electron chi connectivity index (χ0n) is 21.8. The van der Waals surface area contributed by atoms with Crippen LogP contribution in [0.2, 0.25) is 0 Å². The number of anilines is 3. The lowest BCUT2D eigenvalue weighted by atomic mass is 10.1. The molecular formula is C28H31F2N7OS. The molecule has 0 amide bonds. The Labute approximate surface area is 230 Å². The quantitative estimate of drug-likeness (QED) is 0.173. The molecule has 11 heteroatoms. The van der Waals surface area contributed by atoms with Crippen LogP contribution in [-0.2, 0) is 4.74 Å². The molecule has 204 valence electrons. The highest BCUT2D eigenvalue weighted by Crippen LogP contribution is 2.32. The summed E-state index contributed by atoms with van der Waals surface area (Å²) in [5, 5.41) is 3.28. The molecule has 0 atom stereocenters. The van der Waals surface area contributed by atoms with E-state index in [4.69, 9.17) is 19.7 Å². The lowest BCUT2D eigenvalue weighted by Gasteiger charge is -2.28. The monoisotopic (exact) mass is 551 g/mol. The van der Waals surface area contributed by atoms with E-state index in [0.717, 1.165) is 24.3 Å². The van der Waals surface area contributed by atoms with Gasteiger partial charge in [-0.2, -0.15) is 0 Å². The number of hydrogen-bond donors (Lipinski definition) is 2. The van der Waals surface area contributed by atoms with Gasteiger partial charge in [-0.15, -0.1) is 0 Å². The van der Waals surface area contributed by atoms with Gasteiger partial charge in [-0.3, -0.25) is 4.39 Å². The first-order valence-electron chi connectivity index (χ1n) is 13.1. The van der Waals surface area contributed by atoms with Crippen molar-refractivity contribution >= 4 is 40.3 Å². The fourth-order valence-corrected chi connectivity index (χ4v) is 4.89. The van der Waals surface area contributed by atoms with Crippen molar-refractivity contribution in [2.75, 3.05) is 60.2 Å². The van der Waals surface area contributed by atoms with Gasteiger partial charge in [-0.25, -0.2) is 24.3 Å². The summed E-state index contributed by atoms with van der Waals surface area (Å²) >= 11 is 1.28. The van der Waals surface area contributed by atoms with Gasteiger partial charge in [0.05, 0.1) is 36.8 Å². The highest BCUT2D eigenvalue weighted by Gasteiger charge is 2.21. The van der Waals surface area contributed by atoms with Gasteiger partial charge in [0, 0.05) is 42.7 Å². The third-order valence-electron chi connectivity index (χ3n) is 6.25. The zero-order chi connectivity index (χ0) is 27.0. The van der Waals surface area contributed by atoms with Crippen LogP contribution in [0.1, 0.15) is 19.8 Å². The molecule has 1 fully saturated rings. The SMILES string of the molecule is CCCNc1ccc(-c2nc(N3CCOCC3)c3nc(-c4cccc(NSCCCF)c4F)ccc3n2)cn1. The van der Waals surface area contributed by atoms with Gasteiger partial charge in [0.2, 0.25) is 0 Å². The van der Waals surface area contributed by atoms with Crippen LogP contribution in [0, 0.1) is 5.82 Å². The summed E-state index contributed by atoms with van der Waals surface area (Å²) in [6.07, 6.45) is 3.19. The first kappa shape index (κ1) is 27.0. The van der Waals surface area contributed by atoms with E-state index in [9.17, 15) is 4.39 Å². The average Bonchev–Trinajstić information content (AvgIpc) is 2.99. The number of fused-ring (bicyclic) bond motifs is 1. The summed E-state index contributed by atoms with van der Waals surface area (Å²) in [5.74, 6) is 2.18. The van der Waals surface area contributed by atoms with Crippen molar-refractivity contribution in [1.82, 2.24) is 19.9 Å². The summed E-state index contributed by atoms with van der Waals surface area (Å²) in [4.78, 5) is 21.2. The van der Waals surface area contributed by atoms with E-state index < -0.39 is 12.5 Å². The number of nitrogens with one attached hydrogen (secondary N) is 2. The number of ether oxygens (including phenoxy) is 1. The molecule has 5 rings (SSSR count). The largest absolute Gasteiger partial charge is 0.378 e. The molecule has 1 aliphatic heterocycles. The normalized spacial score (nSPS) is 13.6. The Morgan fingerprint density at radius 1 is 1.05 bits per heavy atom. The summed E-state index contributed by atoms with van der Waals surface area (Å²) < 4.78 is 36.4. The highest BCUT2D eigenvalue weighted by molar-refractivity contribution is 8.00. The maximum Gasteiger partial charge on any atom is 0.163 e. The maximum atomic E-state index is 15.5. The van der Waals surface area contributed by atoms with Crippen LogP contribution in [0.15, 0.2) is 48.7 Å². The van der Waals surface area contributed by atoms with E-state index in [0.29, 0.717) is 78.1 Å². The lowest BCUT2D eigenvalue weighted by molar-refractivity contribution is 0.122. The van der Waals surface area contributed by atoms with E-state index in [1.54, 1.807) is 30.5 Å². The molecule has 4 heterocycles. The Bertz CT molecular complexity index is 1400. The summed E-state index contributed by atoms with van der Waals surface area (Å²) in [6.45, 7) is 5.07. The summed E-state index contributed by atoms with van der Waals surface area (Å²) in [6, 6.07) is 12.6. The second-order valence-corrected chi connectivity index (χ2v) is 9.95. The van der Waals surface area contributed by atoms with Crippen molar-refractivity contribution in [3.63, 3.8) is 0 Å². The number of rotatable bonds is 11. The highest BCUT2D eigenvalue weighted by atomic mass is 32.2. The Kier molecular flexibility index (Phi) is 9.00. The minimum Gasteiger partial charge on any atom is -0.378 e. The van der Waals surface area contributed by atoms with E-state index in [-0.39, 0.29) is 0 Å². The summed E-state index contributed by atoms with van der Waals surface area (Å²) in [7, 11) is 0. The first-order chi connectivity index (χ1) is 19.2. The maximum absolute atomic E-state index is 15.5. The molecule has 0 aliphatic carbocycles. The van der Waals surface area contributed by atoms with E-state index >= 15 is 4.39 Å². The van der Waals surface area contributed by atoms with Gasteiger partial charge in [0.1, 0.15) is 11.3 Å². The fourth-order valence-electron chi connectivity index (χ4n) is 4.22. The molecule has 0 bridgehead atoms. The zero-order valence-corrected chi connectivity index (χ0v) is 22.6. The van der Waals surface area contributed by atoms with Crippen LogP contribution in [0.25, 0.3) is 33.7 Å². The topological polar surface area (TPSA) is 88.1 Å². The molecule has 1 aromatic carbocycles. The van der Waals surface area contributed by atoms with Gasteiger partial charge in [0.25, 0.3) is 0 Å². The third-order valence-corrected chi connectivity index (χ3v) is 7.11. The van der Waals surface area contributed by atoms with Crippen molar-refractivity contribution in [3.8, 4) is 22.6 Å². The standard InChI is InChI=1S/C28H31F2N7OS/c1-2-12-31-24-10-7-19(18-32-24)27-34-23-9-8-21(33-26(23)28(35-27)37-13-15-38-16-14-37)20-5-3-6-22(25(20)30)36-39-17-4-11-29/h3,5-10,18,36H,2,4,11-17H2,1H3,(H,31,32). The van der Waals surface area contributed by atoms with Gasteiger partial charge in [0.15, 0.2) is 17.5 Å². The predicted octanol–water partition coefficient (Wildman–Crippen LogP) is 5.97. The minimum atomic E-state index is -0.412. The second kappa shape index (κ2) is 13.0. The molecule has 8 nitrogen and oxygen atoms in total. The molecule has 0 unspecified atom stereocenters. The molecule has 0 radical (unpaired) electrons. The molecule has 3 aromatic heterocycles. The second-order valence-electron chi connectivity index (χ2n) is 9.05. The Morgan fingerprint density at radius 2 is 1.92 bits per heavy atom. The van der Waals surface area contributed by atoms with Crippen molar-refractivity contribution < 1.29 is 13.5 Å². The molecule has 1 aliphatic rings. The van der Waals surface area contributed by atoms with Crippen LogP contribution in [0.5, 0.6) is 0 Å². The van der Waals surface area contributed by atoms with Crippen LogP contribution in [0.4, 0.5) is 26.1 Å². The first-order valence-corrected chi connectivity index (χ1v) is 14.1. The number of alkyl halides is 1. The number of benzene rings is 1. The van der Waals surface area contributed by atoms with Crippen molar-refractivity contribution in [2.45, 2.75) is 19.8 Å². The molecule has 1 saturated heterocycles. The Balaban J connectivity index is 1.52. The third kappa shape index (κ3) is 6.36. The Hall–Kier alpha value is -3.57. The molecule has 0 saturated carbocycles. The number of hydrogen-bond acceptors (Lipinski definition) is 9. The van der Waals surface area contributed by atoms with E-state index in [1.807, 2.05) is 18.2 Å². The molecule has 0 spiro atoms. The van der Waals surface area contributed by atoms with Gasteiger partial charge in [-0.1, -0.05) is 24.9 Å². The van der Waals surface area contributed by atoms with Gasteiger partial charge in [-0.05, 0) is 49.2 Å². The van der Waals surface area contributed by atoms with Crippen LogP contribution >= 0.6 is 11.9 Å². The predicted molar refractivity (Wildman–Crippen MR) is 154 cm³/mol. The van der Waals surface area contributed by atoms with Crippen molar-refractivity contribution in [3.05, 3.63) is 54.5 Å². The van der Waals surface area contributed by atoms with E-state index in [1.165, 1.54) is 11.9 Å². The average molecular weight is 552 g/mol. The smallest absolute Gasteiger partial charge is 0.163 e. The number of halogens is 2. The van der Waals surface area contributed by atoms with E-state index in [2.05, 4.69) is 26.8 Å². The number of morpholine rings is 1. The fraction of sp³-hybridized carbons (Fsp3) is 0.357. The number of pyridine rings is 2. The minimum absolute atomic E-state index is 0.336. The van der Waals surface area contributed by atoms with Gasteiger partial charge < -0.3 is 19.7 Å².